The van der Waals surface area contributed by atoms with Crippen LogP contribution in [0.25, 0.3) is 216 Å². The van der Waals surface area contributed by atoms with Crippen LogP contribution in [0.2, 0.25) is 0 Å². The summed E-state index contributed by atoms with van der Waals surface area (Å²) in [5, 5.41) is 15.0. The van der Waals surface area contributed by atoms with Crippen LogP contribution in [0.5, 0.6) is 0 Å². The molecule has 0 N–H and O–H groups in total. The Hall–Kier alpha value is -18.0. The molecule has 0 saturated heterocycles. The van der Waals surface area contributed by atoms with Gasteiger partial charge in [0.25, 0.3) is 0 Å². The van der Waals surface area contributed by atoms with Gasteiger partial charge in [0.15, 0.2) is 17.5 Å². The zero-order chi connectivity index (χ0) is 90.0. The summed E-state index contributed by atoms with van der Waals surface area (Å²) in [6.07, 6.45) is 0. The van der Waals surface area contributed by atoms with Crippen molar-refractivity contribution < 1.29 is 0 Å². The highest BCUT2D eigenvalue weighted by Gasteiger charge is 2.46. The zero-order valence-corrected chi connectivity index (χ0v) is 74.2. The first-order chi connectivity index (χ1) is 67.5. The van der Waals surface area contributed by atoms with Crippen molar-refractivity contribution in [2.75, 3.05) is 0 Å². The van der Waals surface area contributed by atoms with Crippen LogP contribution < -0.4 is 0 Å². The molecule has 26 aromatic rings. The van der Waals surface area contributed by atoms with E-state index in [9.17, 15) is 0 Å². The Labute approximate surface area is 787 Å². The molecule has 636 valence electrons. The van der Waals surface area contributed by atoms with Crippen LogP contribution in [0.3, 0.4) is 0 Å². The van der Waals surface area contributed by atoms with Gasteiger partial charge in [-0.3, -0.25) is 0 Å². The van der Waals surface area contributed by atoms with Gasteiger partial charge in [-0.25, -0.2) is 19.9 Å². The monoisotopic (exact) mass is 1730 g/mol. The van der Waals surface area contributed by atoms with Crippen molar-refractivity contribution in [3.05, 3.63) is 538 Å². The molecule has 5 aromatic heterocycles. The third kappa shape index (κ3) is 13.9. The molecule has 0 radical (unpaired) electrons. The number of hydrogen-bond donors (Lipinski definition) is 0. The average molecular weight is 1730 g/mol. The summed E-state index contributed by atoms with van der Waals surface area (Å²) in [7, 11) is 0. The molecule has 0 spiro atoms. The van der Waals surface area contributed by atoms with Gasteiger partial charge < -0.3 is 13.7 Å². The molecule has 0 amide bonds. The minimum Gasteiger partial charge on any atom is -0.309 e. The van der Waals surface area contributed by atoms with Crippen LogP contribution in [0, 0.1) is 0 Å². The van der Waals surface area contributed by atoms with Crippen molar-refractivity contribution in [3.63, 3.8) is 0 Å². The molecule has 27 rings (SSSR count). The molecular weight excluding hydrogens is 1650 g/mol. The molecule has 7 heteroatoms. The highest BCUT2D eigenvalue weighted by atomic mass is 15.0. The van der Waals surface area contributed by atoms with Gasteiger partial charge in [0.1, 0.15) is 0 Å². The molecule has 1 aliphatic rings. The standard InChI is InChI=1S/C47H31N.C45H30N2.C37H24N4/c1-3-15-33(16-4-1)47(34-17-5-2-6-18-34)42-24-12-9-20-37(42)38-28-27-32(31-43(38)47)35-29-30-46(39-21-8-7-19-36(35)39)48-44-25-13-10-22-40(44)41-23-11-14-26-45(41)48;1-3-13-31(14-4-1)35-25-26-45-41(28-35)40-22-9-10-24-44(40)47(45)37-20-11-19-34(27-37)36-29-42(33-16-5-2-6-17-33)46-43(30-36)39-23-12-18-32-15-7-8-21-38(32)39;1-3-13-26(14-4-1)35-38-36(27-15-5-2-6-16-27)40-37(39-35)28-17-11-18-29(24-28)41-32-21-10-9-20-31(32)34-30-19-8-7-12-25(30)22-23-33(34)41/h1-31H;1-30H;1-24H. The lowest BCUT2D eigenvalue weighted by Gasteiger charge is -2.34. The molecule has 5 heterocycles. The minimum absolute atomic E-state index is 0.427. The first-order valence-electron chi connectivity index (χ1n) is 46.5. The largest absolute Gasteiger partial charge is 0.309 e. The number of rotatable bonds is 13. The van der Waals surface area contributed by atoms with E-state index in [0.717, 1.165) is 61.7 Å². The van der Waals surface area contributed by atoms with E-state index in [1.807, 2.05) is 60.7 Å². The Bertz CT molecular complexity index is 8940. The first kappa shape index (κ1) is 80.1. The molecule has 0 saturated carbocycles. The van der Waals surface area contributed by atoms with E-state index in [1.165, 1.54) is 159 Å². The fourth-order valence-corrected chi connectivity index (χ4v) is 21.2. The smallest absolute Gasteiger partial charge is 0.164 e. The lowest BCUT2D eigenvalue weighted by molar-refractivity contribution is 0.769. The van der Waals surface area contributed by atoms with E-state index in [4.69, 9.17) is 19.9 Å². The molecule has 21 aromatic carbocycles. The van der Waals surface area contributed by atoms with Crippen LogP contribution in [0.15, 0.2) is 516 Å². The van der Waals surface area contributed by atoms with Gasteiger partial charge in [-0.15, -0.1) is 0 Å². The van der Waals surface area contributed by atoms with Gasteiger partial charge >= 0.3 is 0 Å². The first-order valence-corrected chi connectivity index (χ1v) is 46.5. The lowest BCUT2D eigenvalue weighted by Crippen LogP contribution is -2.28. The van der Waals surface area contributed by atoms with E-state index in [-0.39, 0.29) is 0 Å². The SMILES string of the molecule is c1ccc(-c2ccc3c(c2)c2ccccc2n3-c2cccc(-c3cc(-c4ccccc4)nc(-c4cccc5ccccc45)c3)c2)cc1.c1ccc(-c2nc(-c3ccccc3)nc(-c3cccc(-n4c5ccccc5c5c6ccccc6ccc54)c3)n2)cc1.c1ccc(C2(c3ccccc3)c3ccccc3-c3ccc(-c4ccc(-n5c6ccccc6c6ccccc65)c5ccccc45)cc32)cc1. The Morgan fingerprint density at radius 3 is 1.20 bits per heavy atom. The second-order valence-corrected chi connectivity index (χ2v) is 35.0. The molecular formula is C129H85N7. The summed E-state index contributed by atoms with van der Waals surface area (Å²) < 4.78 is 7.18. The molecule has 1 aliphatic carbocycles. The summed E-state index contributed by atoms with van der Waals surface area (Å²) in [6.45, 7) is 0. The second-order valence-electron chi connectivity index (χ2n) is 35.0. The minimum atomic E-state index is -0.427. The second kappa shape index (κ2) is 34.0. The normalized spacial score (nSPS) is 12.0. The van der Waals surface area contributed by atoms with Crippen molar-refractivity contribution in [2.24, 2.45) is 0 Å². The summed E-state index contributed by atoms with van der Waals surface area (Å²) in [5.74, 6) is 1.96. The van der Waals surface area contributed by atoms with Crippen molar-refractivity contribution in [1.82, 2.24) is 33.6 Å². The van der Waals surface area contributed by atoms with E-state index < -0.39 is 5.41 Å². The molecule has 0 unspecified atom stereocenters. The fraction of sp³-hybridized carbons (Fsp3) is 0.00775. The maximum absolute atomic E-state index is 5.23. The number of nitrogens with zero attached hydrogens (tertiary/aromatic N) is 7. The van der Waals surface area contributed by atoms with E-state index >= 15 is 0 Å². The van der Waals surface area contributed by atoms with Gasteiger partial charge in [0, 0.05) is 76.9 Å². The van der Waals surface area contributed by atoms with Gasteiger partial charge in [-0.1, -0.05) is 425 Å². The predicted molar refractivity (Wildman–Crippen MR) is 567 cm³/mol. The predicted octanol–water partition coefficient (Wildman–Crippen LogP) is 33.1. The highest BCUT2D eigenvalue weighted by Crippen LogP contribution is 2.57. The van der Waals surface area contributed by atoms with Crippen LogP contribution in [0.4, 0.5) is 0 Å². The van der Waals surface area contributed by atoms with E-state index in [0.29, 0.717) is 17.5 Å². The number of para-hydroxylation sites is 4. The zero-order valence-electron chi connectivity index (χ0n) is 74.2. The van der Waals surface area contributed by atoms with Crippen molar-refractivity contribution in [3.8, 4) is 118 Å². The summed E-state index contributed by atoms with van der Waals surface area (Å²) in [6, 6.07) is 185. The number of benzene rings is 21. The van der Waals surface area contributed by atoms with Crippen molar-refractivity contribution in [1.29, 1.82) is 0 Å². The number of fused-ring (bicyclic) bond motifs is 16. The lowest BCUT2D eigenvalue weighted by atomic mass is 9.67. The molecule has 0 fully saturated rings. The van der Waals surface area contributed by atoms with Crippen molar-refractivity contribution >= 4 is 97.7 Å². The summed E-state index contributed by atoms with van der Waals surface area (Å²) >= 11 is 0. The molecule has 0 aliphatic heterocycles. The van der Waals surface area contributed by atoms with Gasteiger partial charge in [0.2, 0.25) is 0 Å². The average Bonchev–Trinajstić information content (AvgIpc) is 1.53. The Morgan fingerprint density at radius 2 is 0.566 bits per heavy atom. The third-order valence-electron chi connectivity index (χ3n) is 27.3. The Kier molecular flexibility index (Phi) is 20.0. The third-order valence-corrected chi connectivity index (χ3v) is 27.3. The maximum atomic E-state index is 5.23. The molecule has 7 nitrogen and oxygen atoms in total. The van der Waals surface area contributed by atoms with Gasteiger partial charge in [-0.05, 0) is 185 Å². The Balaban J connectivity index is 0.000000109. The number of aromatic nitrogens is 7. The van der Waals surface area contributed by atoms with Gasteiger partial charge in [-0.2, -0.15) is 0 Å². The summed E-state index contributed by atoms with van der Waals surface area (Å²) in [4.78, 5) is 20.0. The van der Waals surface area contributed by atoms with Crippen molar-refractivity contribution in [2.45, 2.75) is 5.41 Å². The van der Waals surface area contributed by atoms with Crippen LogP contribution in [-0.2, 0) is 5.41 Å². The number of hydrogen-bond acceptors (Lipinski definition) is 4. The van der Waals surface area contributed by atoms with Gasteiger partial charge in [0.05, 0.1) is 55.6 Å². The quantitative estimate of drug-likeness (QED) is 0.115. The molecule has 0 bridgehead atoms. The van der Waals surface area contributed by atoms with Crippen LogP contribution >= 0.6 is 0 Å². The summed E-state index contributed by atoms with van der Waals surface area (Å²) in [5.41, 5.74) is 32.2. The van der Waals surface area contributed by atoms with Crippen LogP contribution in [0.1, 0.15) is 22.3 Å². The topological polar surface area (TPSA) is 66.3 Å². The van der Waals surface area contributed by atoms with E-state index in [2.05, 4.69) is 469 Å². The maximum Gasteiger partial charge on any atom is 0.164 e. The Morgan fingerprint density at radius 1 is 0.169 bits per heavy atom. The fourth-order valence-electron chi connectivity index (χ4n) is 21.2. The molecule has 136 heavy (non-hydrogen) atoms. The van der Waals surface area contributed by atoms with E-state index in [1.54, 1.807) is 0 Å². The number of pyridine rings is 1. The highest BCUT2D eigenvalue weighted by molar-refractivity contribution is 6.22. The van der Waals surface area contributed by atoms with Crippen LogP contribution in [-0.4, -0.2) is 33.6 Å². The molecule has 0 atom stereocenters.